The summed E-state index contributed by atoms with van der Waals surface area (Å²) in [7, 11) is 0. The minimum absolute atomic E-state index is 0.465. The molecule has 2 N–H and O–H groups in total. The molecule has 6 heteroatoms. The summed E-state index contributed by atoms with van der Waals surface area (Å²) in [6.07, 6.45) is 3.72. The van der Waals surface area contributed by atoms with Gasteiger partial charge in [0.15, 0.2) is 5.96 Å². The second-order valence-electron chi connectivity index (χ2n) is 6.11. The Labute approximate surface area is 158 Å². The summed E-state index contributed by atoms with van der Waals surface area (Å²) in [4.78, 5) is 6.10. The second kappa shape index (κ2) is 9.20. The van der Waals surface area contributed by atoms with Crippen molar-refractivity contribution in [3.05, 3.63) is 70.7 Å². The van der Waals surface area contributed by atoms with Crippen LogP contribution in [0, 0.1) is 0 Å². The normalized spacial score (nSPS) is 12.8. The molecule has 0 bridgehead atoms. The van der Waals surface area contributed by atoms with Gasteiger partial charge in [-0.1, -0.05) is 25.1 Å². The van der Waals surface area contributed by atoms with Crippen LogP contribution in [0.1, 0.15) is 30.2 Å². The molecule has 1 unspecified atom stereocenters. The van der Waals surface area contributed by atoms with E-state index < -0.39 is 0 Å². The number of hydrogen-bond acceptors (Lipinski definition) is 3. The monoisotopic (exact) mass is 367 g/mol. The smallest absolute Gasteiger partial charge is 0.191 e. The molecular formula is C20H25N5S. The van der Waals surface area contributed by atoms with Crippen LogP contribution in [0.25, 0.3) is 5.69 Å². The molecule has 0 aliphatic rings. The third kappa shape index (κ3) is 4.95. The Hall–Kier alpha value is -2.60. The molecule has 0 aliphatic carbocycles. The van der Waals surface area contributed by atoms with Gasteiger partial charge in [0, 0.05) is 36.3 Å². The fourth-order valence-corrected chi connectivity index (χ4v) is 3.40. The molecule has 26 heavy (non-hydrogen) atoms. The third-order valence-electron chi connectivity index (χ3n) is 4.07. The molecule has 3 rings (SSSR count). The van der Waals surface area contributed by atoms with Crippen molar-refractivity contribution in [2.24, 2.45) is 4.99 Å². The lowest BCUT2D eigenvalue weighted by Gasteiger charge is -2.15. The molecule has 1 aromatic carbocycles. The SMILES string of the molecule is CCNC(=NCc1ccc(-n2cccn2)cc1)NCC(C)c1cccs1. The van der Waals surface area contributed by atoms with Gasteiger partial charge < -0.3 is 10.6 Å². The van der Waals surface area contributed by atoms with Gasteiger partial charge in [0.05, 0.1) is 12.2 Å². The zero-order chi connectivity index (χ0) is 18.2. The van der Waals surface area contributed by atoms with Crippen LogP contribution in [0.2, 0.25) is 0 Å². The first-order valence-electron chi connectivity index (χ1n) is 8.91. The fourth-order valence-electron chi connectivity index (χ4n) is 2.61. The van der Waals surface area contributed by atoms with Gasteiger partial charge in [-0.2, -0.15) is 5.10 Å². The molecule has 0 saturated heterocycles. The van der Waals surface area contributed by atoms with Gasteiger partial charge in [0.25, 0.3) is 0 Å². The molecule has 0 aliphatic heterocycles. The van der Waals surface area contributed by atoms with E-state index in [0.717, 1.165) is 24.7 Å². The topological polar surface area (TPSA) is 54.2 Å². The van der Waals surface area contributed by atoms with Gasteiger partial charge in [0.2, 0.25) is 0 Å². The Morgan fingerprint density at radius 2 is 2.04 bits per heavy atom. The van der Waals surface area contributed by atoms with E-state index in [1.807, 2.05) is 16.9 Å². The zero-order valence-corrected chi connectivity index (χ0v) is 16.0. The Bertz CT molecular complexity index is 791. The maximum absolute atomic E-state index is 4.70. The number of nitrogens with zero attached hydrogens (tertiary/aromatic N) is 3. The first kappa shape index (κ1) is 18.2. The average Bonchev–Trinajstić information content (AvgIpc) is 3.38. The first-order valence-corrected chi connectivity index (χ1v) is 9.78. The third-order valence-corrected chi connectivity index (χ3v) is 5.18. The Kier molecular flexibility index (Phi) is 6.44. The molecule has 1 atom stereocenters. The number of aliphatic imine (C=N–C) groups is 1. The van der Waals surface area contributed by atoms with E-state index in [-0.39, 0.29) is 0 Å². The second-order valence-corrected chi connectivity index (χ2v) is 7.09. The van der Waals surface area contributed by atoms with Crippen molar-refractivity contribution in [2.45, 2.75) is 26.3 Å². The highest BCUT2D eigenvalue weighted by Crippen LogP contribution is 2.19. The minimum atomic E-state index is 0.465. The summed E-state index contributed by atoms with van der Waals surface area (Å²) in [5.41, 5.74) is 2.22. The van der Waals surface area contributed by atoms with Crippen LogP contribution < -0.4 is 10.6 Å². The van der Waals surface area contributed by atoms with E-state index in [2.05, 4.69) is 71.4 Å². The standard InChI is InChI=1S/C20H25N5S/c1-3-21-20(22-14-16(2)19-6-4-13-26-19)23-15-17-7-9-18(10-8-17)25-12-5-11-24-25/h4-13,16H,3,14-15H2,1-2H3,(H2,21,22,23). The number of nitrogens with one attached hydrogen (secondary N) is 2. The van der Waals surface area contributed by atoms with Gasteiger partial charge in [-0.05, 0) is 42.1 Å². The van der Waals surface area contributed by atoms with Crippen molar-refractivity contribution in [3.8, 4) is 5.69 Å². The number of aromatic nitrogens is 2. The van der Waals surface area contributed by atoms with Crippen LogP contribution in [0.3, 0.4) is 0 Å². The summed E-state index contributed by atoms with van der Waals surface area (Å²) in [6.45, 7) is 6.67. The Balaban J connectivity index is 1.58. The van der Waals surface area contributed by atoms with E-state index in [1.165, 1.54) is 10.4 Å². The molecule has 3 aromatic rings. The molecule has 2 heterocycles. The fraction of sp³-hybridized carbons (Fsp3) is 0.300. The first-order chi connectivity index (χ1) is 12.8. The largest absolute Gasteiger partial charge is 0.357 e. The van der Waals surface area contributed by atoms with Gasteiger partial charge >= 0.3 is 0 Å². The molecule has 0 fully saturated rings. The molecule has 0 spiro atoms. The summed E-state index contributed by atoms with van der Waals surface area (Å²) < 4.78 is 1.85. The summed E-state index contributed by atoms with van der Waals surface area (Å²) in [5.74, 6) is 1.32. The molecule has 5 nitrogen and oxygen atoms in total. The maximum Gasteiger partial charge on any atom is 0.191 e. The molecule has 0 saturated carbocycles. The predicted molar refractivity (Wildman–Crippen MR) is 109 cm³/mol. The highest BCUT2D eigenvalue weighted by molar-refractivity contribution is 7.10. The molecule has 0 amide bonds. The van der Waals surface area contributed by atoms with Gasteiger partial charge in [-0.15, -0.1) is 11.3 Å². The van der Waals surface area contributed by atoms with Gasteiger partial charge in [0.1, 0.15) is 0 Å². The van der Waals surface area contributed by atoms with Crippen molar-refractivity contribution in [3.63, 3.8) is 0 Å². The highest BCUT2D eigenvalue weighted by Gasteiger charge is 2.07. The number of thiophene rings is 1. The van der Waals surface area contributed by atoms with Crippen LogP contribution in [0.15, 0.2) is 65.2 Å². The van der Waals surface area contributed by atoms with Crippen molar-refractivity contribution in [2.75, 3.05) is 13.1 Å². The molecule has 2 aromatic heterocycles. The minimum Gasteiger partial charge on any atom is -0.357 e. The lowest BCUT2D eigenvalue weighted by molar-refractivity contribution is 0.709. The van der Waals surface area contributed by atoms with Crippen molar-refractivity contribution in [1.29, 1.82) is 0 Å². The van der Waals surface area contributed by atoms with Gasteiger partial charge in [-0.25, -0.2) is 9.67 Å². The predicted octanol–water partition coefficient (Wildman–Crippen LogP) is 3.79. The lowest BCUT2D eigenvalue weighted by atomic mass is 10.1. The summed E-state index contributed by atoms with van der Waals surface area (Å²) in [5, 5.41) is 13.1. The van der Waals surface area contributed by atoms with Crippen molar-refractivity contribution < 1.29 is 0 Å². The number of benzene rings is 1. The van der Waals surface area contributed by atoms with Crippen LogP contribution in [-0.4, -0.2) is 28.8 Å². The number of guanidine groups is 1. The Morgan fingerprint density at radius 1 is 1.19 bits per heavy atom. The maximum atomic E-state index is 4.70. The quantitative estimate of drug-likeness (QED) is 0.493. The van der Waals surface area contributed by atoms with E-state index in [0.29, 0.717) is 12.5 Å². The van der Waals surface area contributed by atoms with E-state index >= 15 is 0 Å². The zero-order valence-electron chi connectivity index (χ0n) is 15.2. The summed E-state index contributed by atoms with van der Waals surface area (Å²) >= 11 is 1.80. The number of hydrogen-bond donors (Lipinski definition) is 2. The van der Waals surface area contributed by atoms with Crippen molar-refractivity contribution >= 4 is 17.3 Å². The summed E-state index contributed by atoms with van der Waals surface area (Å²) in [6, 6.07) is 14.5. The number of rotatable bonds is 7. The Morgan fingerprint density at radius 3 is 2.69 bits per heavy atom. The molecule has 0 radical (unpaired) electrons. The molecular weight excluding hydrogens is 342 g/mol. The highest BCUT2D eigenvalue weighted by atomic mass is 32.1. The van der Waals surface area contributed by atoms with Crippen LogP contribution in [-0.2, 0) is 6.54 Å². The van der Waals surface area contributed by atoms with Gasteiger partial charge in [-0.3, -0.25) is 0 Å². The lowest BCUT2D eigenvalue weighted by Crippen LogP contribution is -2.39. The van der Waals surface area contributed by atoms with E-state index in [9.17, 15) is 0 Å². The van der Waals surface area contributed by atoms with Crippen LogP contribution in [0.5, 0.6) is 0 Å². The molecule has 136 valence electrons. The average molecular weight is 368 g/mol. The van der Waals surface area contributed by atoms with Crippen molar-refractivity contribution in [1.82, 2.24) is 20.4 Å². The van der Waals surface area contributed by atoms with Crippen LogP contribution in [0.4, 0.5) is 0 Å². The van der Waals surface area contributed by atoms with Crippen LogP contribution >= 0.6 is 11.3 Å². The van der Waals surface area contributed by atoms with E-state index in [1.54, 1.807) is 17.5 Å². The van der Waals surface area contributed by atoms with E-state index in [4.69, 9.17) is 4.99 Å².